The van der Waals surface area contributed by atoms with Crippen molar-refractivity contribution in [2.75, 3.05) is 4.31 Å². The van der Waals surface area contributed by atoms with Crippen molar-refractivity contribution >= 4 is 21.5 Å². The minimum atomic E-state index is -4.23. The molecule has 1 aliphatic rings. The Morgan fingerprint density at radius 1 is 0.821 bits per heavy atom. The Labute approximate surface area is 227 Å². The van der Waals surface area contributed by atoms with Crippen LogP contribution in [-0.2, 0) is 10.0 Å². The van der Waals surface area contributed by atoms with E-state index >= 15 is 0 Å². The summed E-state index contributed by atoms with van der Waals surface area (Å²) in [5.74, 6) is -1.08. The Hall–Kier alpha value is -4.30. The zero-order valence-electron chi connectivity index (χ0n) is 21.6. The quantitative estimate of drug-likeness (QED) is 0.157. The van der Waals surface area contributed by atoms with Crippen LogP contribution in [-0.4, -0.2) is 25.2 Å². The molecular weight excluding hydrogens is 512 g/mol. The van der Waals surface area contributed by atoms with Gasteiger partial charge in [-0.15, -0.1) is 0 Å². The fourth-order valence-electron chi connectivity index (χ4n) is 5.33. The third-order valence-electron chi connectivity index (χ3n) is 7.30. The van der Waals surface area contributed by atoms with Crippen molar-refractivity contribution in [3.05, 3.63) is 141 Å². The summed E-state index contributed by atoms with van der Waals surface area (Å²) in [6.45, 7) is 3.76. The number of nitrogens with zero attached hydrogens (tertiary/aromatic N) is 2. The fraction of sp³-hybridized carbons (Fsp3) is 0.194. The van der Waals surface area contributed by atoms with E-state index in [0.717, 1.165) is 11.1 Å². The predicted molar refractivity (Wildman–Crippen MR) is 150 cm³/mol. The van der Waals surface area contributed by atoms with E-state index in [4.69, 9.17) is 0 Å². The maximum absolute atomic E-state index is 14.3. The molecule has 0 fully saturated rings. The average molecular weight is 541 g/mol. The molecule has 0 aliphatic carbocycles. The predicted octanol–water partition coefficient (Wildman–Crippen LogP) is 6.26. The normalized spacial score (nSPS) is 18.8. The summed E-state index contributed by atoms with van der Waals surface area (Å²) in [7, 11) is -4.23. The van der Waals surface area contributed by atoms with Crippen LogP contribution in [0.25, 0.3) is 0 Å². The number of benzene rings is 4. The minimum Gasteiger partial charge on any atom is -0.294 e. The van der Waals surface area contributed by atoms with E-state index in [-0.39, 0.29) is 17.1 Å². The lowest BCUT2D eigenvalue weighted by molar-refractivity contribution is -0.531. The highest BCUT2D eigenvalue weighted by Gasteiger charge is 2.53. The first-order valence-corrected chi connectivity index (χ1v) is 14.1. The molecule has 0 radical (unpaired) electrons. The summed E-state index contributed by atoms with van der Waals surface area (Å²) >= 11 is 0. The molecule has 3 atom stereocenters. The summed E-state index contributed by atoms with van der Waals surface area (Å²) in [6.07, 6.45) is -0.131. The van der Waals surface area contributed by atoms with Crippen molar-refractivity contribution in [3.63, 3.8) is 0 Å². The Bertz CT molecular complexity index is 1620. The van der Waals surface area contributed by atoms with Crippen LogP contribution in [0.3, 0.4) is 0 Å². The smallest absolute Gasteiger partial charge is 0.265 e. The largest absolute Gasteiger partial charge is 0.294 e. The molecule has 0 bridgehead atoms. The molecule has 198 valence electrons. The highest BCUT2D eigenvalue weighted by atomic mass is 32.2. The van der Waals surface area contributed by atoms with Crippen LogP contribution >= 0.6 is 0 Å². The number of aryl methyl sites for hydroxylation is 2. The molecule has 0 spiro atoms. The zero-order chi connectivity index (χ0) is 27.7. The van der Waals surface area contributed by atoms with Crippen LogP contribution in [0, 0.1) is 24.0 Å². The zero-order valence-corrected chi connectivity index (χ0v) is 22.4. The van der Waals surface area contributed by atoms with Crippen molar-refractivity contribution in [2.24, 2.45) is 0 Å². The van der Waals surface area contributed by atoms with Crippen LogP contribution < -0.4 is 4.31 Å². The van der Waals surface area contributed by atoms with Gasteiger partial charge in [0.25, 0.3) is 10.0 Å². The molecule has 4 aromatic carbocycles. The van der Waals surface area contributed by atoms with Crippen LogP contribution in [0.2, 0.25) is 0 Å². The third-order valence-corrected chi connectivity index (χ3v) is 9.11. The number of ketones is 1. The van der Waals surface area contributed by atoms with Crippen LogP contribution in [0.4, 0.5) is 5.69 Å². The highest BCUT2D eigenvalue weighted by molar-refractivity contribution is 7.92. The first-order chi connectivity index (χ1) is 18.7. The van der Waals surface area contributed by atoms with Gasteiger partial charge < -0.3 is 0 Å². The third kappa shape index (κ3) is 4.95. The van der Waals surface area contributed by atoms with Gasteiger partial charge in [0.1, 0.15) is 6.04 Å². The standard InChI is InChI=1S/C31H28N2O5S/c1-21-12-16-24(17-13-21)30-31(33(35)36)27(20-29(34)23-8-4-3-5-9-23)26-10-6-7-11-28(26)32(30)39(37,38)25-18-14-22(2)15-19-25/h3-19,27,30-31H,20H2,1-2H3/t27-,30-,31+/m0/s1. The summed E-state index contributed by atoms with van der Waals surface area (Å²) in [6, 6.07) is 26.4. The molecule has 39 heavy (non-hydrogen) atoms. The van der Waals surface area contributed by atoms with Gasteiger partial charge >= 0.3 is 0 Å². The number of carbonyl (C=O) groups is 1. The number of anilines is 1. The SMILES string of the molecule is Cc1ccc([C@H]2[C@H]([N+](=O)[O-])[C@@H](CC(=O)c3ccccc3)c3ccccc3N2S(=O)(=O)c2ccc(C)cc2)cc1. The summed E-state index contributed by atoms with van der Waals surface area (Å²) in [5.41, 5.74) is 3.58. The van der Waals surface area contributed by atoms with Crippen LogP contribution in [0.1, 0.15) is 51.0 Å². The van der Waals surface area contributed by atoms with Crippen LogP contribution in [0.15, 0.2) is 108 Å². The number of hydrogen-bond acceptors (Lipinski definition) is 5. The first-order valence-electron chi connectivity index (χ1n) is 12.7. The van der Waals surface area contributed by atoms with E-state index in [9.17, 15) is 23.3 Å². The number of hydrogen-bond donors (Lipinski definition) is 0. The number of sulfonamides is 1. The summed E-state index contributed by atoms with van der Waals surface area (Å²) in [5, 5.41) is 12.9. The molecular formula is C31H28N2O5S. The molecule has 0 N–H and O–H groups in total. The number of nitro groups is 1. The maximum Gasteiger partial charge on any atom is 0.265 e. The number of para-hydroxylation sites is 1. The number of Topliss-reactive ketones (excluding diaryl/α,β-unsaturated/α-hetero) is 1. The van der Waals surface area contributed by atoms with Crippen molar-refractivity contribution in [1.29, 1.82) is 0 Å². The van der Waals surface area contributed by atoms with Gasteiger partial charge in [-0.25, -0.2) is 8.42 Å². The molecule has 0 unspecified atom stereocenters. The van der Waals surface area contributed by atoms with Gasteiger partial charge in [0, 0.05) is 16.9 Å². The summed E-state index contributed by atoms with van der Waals surface area (Å²) in [4.78, 5) is 25.8. The second-order valence-electron chi connectivity index (χ2n) is 9.90. The molecule has 0 saturated carbocycles. The molecule has 5 rings (SSSR count). The van der Waals surface area contributed by atoms with Crippen molar-refractivity contribution in [2.45, 2.75) is 43.2 Å². The molecule has 8 heteroatoms. The maximum atomic E-state index is 14.3. The molecule has 7 nitrogen and oxygen atoms in total. The lowest BCUT2D eigenvalue weighted by Gasteiger charge is -2.42. The minimum absolute atomic E-state index is 0.0425. The Morgan fingerprint density at radius 3 is 2.00 bits per heavy atom. The van der Waals surface area contributed by atoms with E-state index in [1.54, 1.807) is 78.9 Å². The number of carbonyl (C=O) groups excluding carboxylic acids is 1. The van der Waals surface area contributed by atoms with Crippen LogP contribution in [0.5, 0.6) is 0 Å². The second kappa shape index (κ2) is 10.5. The number of fused-ring (bicyclic) bond motifs is 1. The Balaban J connectivity index is 1.74. The Kier molecular flexibility index (Phi) is 7.06. The van der Waals surface area contributed by atoms with Crippen molar-refractivity contribution < 1.29 is 18.1 Å². The molecule has 0 saturated heterocycles. The van der Waals surface area contributed by atoms with E-state index in [0.29, 0.717) is 22.4 Å². The van der Waals surface area contributed by atoms with Gasteiger partial charge in [0.05, 0.1) is 16.5 Å². The second-order valence-corrected chi connectivity index (χ2v) is 11.7. The molecule has 4 aromatic rings. The molecule has 1 heterocycles. The lowest BCUT2D eigenvalue weighted by Crippen LogP contribution is -2.50. The lowest BCUT2D eigenvalue weighted by atomic mass is 9.77. The molecule has 0 aromatic heterocycles. The van der Waals surface area contributed by atoms with E-state index in [2.05, 4.69) is 0 Å². The van der Waals surface area contributed by atoms with Crippen molar-refractivity contribution in [3.8, 4) is 0 Å². The molecule has 1 aliphatic heterocycles. The topological polar surface area (TPSA) is 97.6 Å². The van der Waals surface area contributed by atoms with Gasteiger partial charge in [-0.3, -0.25) is 19.2 Å². The Morgan fingerprint density at radius 2 is 1.38 bits per heavy atom. The van der Waals surface area contributed by atoms with Gasteiger partial charge in [-0.2, -0.15) is 0 Å². The van der Waals surface area contributed by atoms with Gasteiger partial charge in [-0.05, 0) is 43.2 Å². The van der Waals surface area contributed by atoms with E-state index in [1.165, 1.54) is 16.4 Å². The number of rotatable bonds is 7. The van der Waals surface area contributed by atoms with E-state index in [1.807, 2.05) is 26.0 Å². The van der Waals surface area contributed by atoms with Gasteiger partial charge in [0.15, 0.2) is 5.78 Å². The van der Waals surface area contributed by atoms with E-state index < -0.39 is 32.9 Å². The highest BCUT2D eigenvalue weighted by Crippen LogP contribution is 2.50. The average Bonchev–Trinajstić information content (AvgIpc) is 2.93. The first kappa shape index (κ1) is 26.3. The van der Waals surface area contributed by atoms with Crippen molar-refractivity contribution in [1.82, 2.24) is 0 Å². The van der Waals surface area contributed by atoms with Gasteiger partial charge in [0.2, 0.25) is 6.04 Å². The monoisotopic (exact) mass is 540 g/mol. The van der Waals surface area contributed by atoms with Gasteiger partial charge in [-0.1, -0.05) is 96.1 Å². The summed E-state index contributed by atoms with van der Waals surface area (Å²) < 4.78 is 29.7. The molecule has 0 amide bonds. The fourth-order valence-corrected chi connectivity index (χ4v) is 7.01.